The van der Waals surface area contributed by atoms with Gasteiger partial charge in [-0.25, -0.2) is 0 Å². The van der Waals surface area contributed by atoms with Crippen molar-refractivity contribution in [1.29, 1.82) is 0 Å². The van der Waals surface area contributed by atoms with Gasteiger partial charge in [-0.15, -0.1) is 0 Å². The lowest BCUT2D eigenvalue weighted by molar-refractivity contribution is -0.122. The second-order valence-electron chi connectivity index (χ2n) is 8.07. The molecule has 1 aromatic carbocycles. The van der Waals surface area contributed by atoms with E-state index in [4.69, 9.17) is 0 Å². The Labute approximate surface area is 195 Å². The molecule has 0 aliphatic heterocycles. The Morgan fingerprint density at radius 3 is 1.82 bits per heavy atom. The summed E-state index contributed by atoms with van der Waals surface area (Å²) in [5.74, 6) is -0.0976. The van der Waals surface area contributed by atoms with Crippen LogP contribution in [0.15, 0.2) is 104 Å². The zero-order valence-corrected chi connectivity index (χ0v) is 18.5. The Balaban J connectivity index is 1.52. The molecule has 0 saturated carbocycles. The van der Waals surface area contributed by atoms with E-state index in [0.717, 1.165) is 36.0 Å². The Morgan fingerprint density at radius 2 is 1.27 bits per heavy atom. The van der Waals surface area contributed by atoms with Gasteiger partial charge in [0.1, 0.15) is 0 Å². The lowest BCUT2D eigenvalue weighted by Crippen LogP contribution is -2.33. The van der Waals surface area contributed by atoms with Crippen LogP contribution in [0.2, 0.25) is 0 Å². The number of carbonyl (C=O) groups excluding carboxylic acids is 1. The zero-order valence-electron chi connectivity index (χ0n) is 18.5. The van der Waals surface area contributed by atoms with E-state index in [1.54, 1.807) is 18.6 Å². The fraction of sp³-hybridized carbons (Fsp3) is 0.214. The van der Waals surface area contributed by atoms with E-state index in [1.807, 2.05) is 61.1 Å². The van der Waals surface area contributed by atoms with Crippen LogP contribution in [-0.4, -0.2) is 20.9 Å². The van der Waals surface area contributed by atoms with Crippen molar-refractivity contribution in [2.75, 3.05) is 0 Å². The summed E-state index contributed by atoms with van der Waals surface area (Å²) in [6, 6.07) is 21.9. The largest absolute Gasteiger partial charge is 0.348 e. The van der Waals surface area contributed by atoms with Gasteiger partial charge in [0.25, 0.3) is 0 Å². The van der Waals surface area contributed by atoms with Gasteiger partial charge in [0.15, 0.2) is 0 Å². The Bertz CT molecular complexity index is 1070. The van der Waals surface area contributed by atoms with Crippen LogP contribution in [0.25, 0.3) is 0 Å². The fourth-order valence-electron chi connectivity index (χ4n) is 4.12. The average molecular weight is 437 g/mol. The van der Waals surface area contributed by atoms with Gasteiger partial charge >= 0.3 is 0 Å². The SMILES string of the molecule is O=C(CCCCc1ccccc1)NC(c1cccnc1)C(c1cccnc1)c1cccnc1. The summed E-state index contributed by atoms with van der Waals surface area (Å²) in [5, 5.41) is 3.29. The molecule has 0 fully saturated rings. The highest BCUT2D eigenvalue weighted by Crippen LogP contribution is 2.36. The van der Waals surface area contributed by atoms with Gasteiger partial charge in [0.2, 0.25) is 5.91 Å². The number of aromatic nitrogens is 3. The molecule has 0 aliphatic carbocycles. The Hall–Kier alpha value is -3.86. The van der Waals surface area contributed by atoms with E-state index in [-0.39, 0.29) is 17.9 Å². The van der Waals surface area contributed by atoms with Crippen molar-refractivity contribution in [1.82, 2.24) is 20.3 Å². The van der Waals surface area contributed by atoms with E-state index in [0.29, 0.717) is 6.42 Å². The van der Waals surface area contributed by atoms with E-state index < -0.39 is 0 Å². The van der Waals surface area contributed by atoms with Gasteiger partial charge in [-0.2, -0.15) is 0 Å². The number of unbranched alkanes of at least 4 members (excludes halogenated alkanes) is 1. The topological polar surface area (TPSA) is 67.8 Å². The maximum Gasteiger partial charge on any atom is 0.220 e. The van der Waals surface area contributed by atoms with Crippen molar-refractivity contribution in [2.24, 2.45) is 0 Å². The summed E-state index contributed by atoms with van der Waals surface area (Å²) in [6.45, 7) is 0. The monoisotopic (exact) mass is 436 g/mol. The van der Waals surface area contributed by atoms with Crippen LogP contribution < -0.4 is 5.32 Å². The highest BCUT2D eigenvalue weighted by atomic mass is 16.1. The third-order valence-electron chi connectivity index (χ3n) is 5.74. The Morgan fingerprint density at radius 1 is 0.697 bits per heavy atom. The first-order chi connectivity index (χ1) is 16.3. The maximum atomic E-state index is 13.0. The summed E-state index contributed by atoms with van der Waals surface area (Å²) in [7, 11) is 0. The third kappa shape index (κ3) is 6.32. The van der Waals surface area contributed by atoms with Crippen LogP contribution >= 0.6 is 0 Å². The van der Waals surface area contributed by atoms with Crippen molar-refractivity contribution in [2.45, 2.75) is 37.6 Å². The standard InChI is InChI=1S/C28H28N4O/c33-26(15-5-4-11-22-9-2-1-3-10-22)32-28(25-14-8-18-31-21-25)27(23-12-6-16-29-19-23)24-13-7-17-30-20-24/h1-3,6-10,12-14,16-21,27-28H,4-5,11,15H2,(H,32,33). The van der Waals surface area contributed by atoms with Gasteiger partial charge in [0, 0.05) is 49.5 Å². The molecule has 33 heavy (non-hydrogen) atoms. The second kappa shape index (κ2) is 11.7. The van der Waals surface area contributed by atoms with Gasteiger partial charge in [-0.3, -0.25) is 19.7 Å². The molecule has 1 unspecified atom stereocenters. The van der Waals surface area contributed by atoms with Crippen molar-refractivity contribution in [3.8, 4) is 0 Å². The van der Waals surface area contributed by atoms with Crippen LogP contribution in [0.4, 0.5) is 0 Å². The molecule has 0 saturated heterocycles. The molecule has 4 aromatic rings. The van der Waals surface area contributed by atoms with Crippen molar-refractivity contribution in [3.05, 3.63) is 126 Å². The lowest BCUT2D eigenvalue weighted by atomic mass is 9.83. The maximum absolute atomic E-state index is 13.0. The number of pyridine rings is 3. The molecule has 4 rings (SSSR count). The second-order valence-corrected chi connectivity index (χ2v) is 8.07. The Kier molecular flexibility index (Phi) is 7.90. The number of aryl methyl sites for hydroxylation is 1. The molecule has 1 amide bonds. The van der Waals surface area contributed by atoms with E-state index in [9.17, 15) is 4.79 Å². The minimum atomic E-state index is -0.284. The highest BCUT2D eigenvalue weighted by Gasteiger charge is 2.28. The van der Waals surface area contributed by atoms with Crippen molar-refractivity contribution >= 4 is 5.91 Å². The molecule has 0 radical (unpaired) electrons. The molecule has 1 N–H and O–H groups in total. The number of hydrogen-bond acceptors (Lipinski definition) is 4. The quantitative estimate of drug-likeness (QED) is 0.344. The predicted molar refractivity (Wildman–Crippen MR) is 129 cm³/mol. The molecule has 3 aromatic heterocycles. The third-order valence-corrected chi connectivity index (χ3v) is 5.74. The smallest absolute Gasteiger partial charge is 0.220 e. The molecular weight excluding hydrogens is 408 g/mol. The minimum Gasteiger partial charge on any atom is -0.348 e. The number of nitrogens with zero attached hydrogens (tertiary/aromatic N) is 3. The molecular formula is C28H28N4O. The van der Waals surface area contributed by atoms with Crippen LogP contribution in [0.5, 0.6) is 0 Å². The lowest BCUT2D eigenvalue weighted by Gasteiger charge is -2.29. The van der Waals surface area contributed by atoms with Crippen LogP contribution in [0, 0.1) is 0 Å². The number of carbonyl (C=O) groups is 1. The summed E-state index contributed by atoms with van der Waals surface area (Å²) >= 11 is 0. The van der Waals surface area contributed by atoms with Gasteiger partial charge in [-0.05, 0) is 59.7 Å². The van der Waals surface area contributed by atoms with Crippen molar-refractivity contribution < 1.29 is 4.79 Å². The molecule has 0 aliphatic rings. The first-order valence-electron chi connectivity index (χ1n) is 11.3. The molecule has 0 bridgehead atoms. The van der Waals surface area contributed by atoms with Gasteiger partial charge < -0.3 is 5.32 Å². The van der Waals surface area contributed by atoms with Crippen molar-refractivity contribution in [3.63, 3.8) is 0 Å². The van der Waals surface area contributed by atoms with E-state index in [2.05, 4.69) is 44.5 Å². The summed E-state index contributed by atoms with van der Waals surface area (Å²) in [4.78, 5) is 26.0. The van der Waals surface area contributed by atoms with Crippen LogP contribution in [-0.2, 0) is 11.2 Å². The number of hydrogen-bond donors (Lipinski definition) is 1. The van der Waals surface area contributed by atoms with Gasteiger partial charge in [-0.1, -0.05) is 48.5 Å². The molecule has 166 valence electrons. The predicted octanol–water partition coefficient (Wildman–Crippen LogP) is 5.27. The highest BCUT2D eigenvalue weighted by molar-refractivity contribution is 5.76. The molecule has 3 heterocycles. The molecule has 5 heteroatoms. The van der Waals surface area contributed by atoms with Gasteiger partial charge in [0.05, 0.1) is 6.04 Å². The van der Waals surface area contributed by atoms with E-state index in [1.165, 1.54) is 5.56 Å². The number of amides is 1. The summed E-state index contributed by atoms with van der Waals surface area (Å²) < 4.78 is 0. The number of nitrogens with one attached hydrogen (secondary N) is 1. The molecule has 0 spiro atoms. The fourth-order valence-corrected chi connectivity index (χ4v) is 4.12. The normalized spacial score (nSPS) is 11.8. The first kappa shape index (κ1) is 22.3. The number of benzene rings is 1. The van der Waals surface area contributed by atoms with Crippen LogP contribution in [0.3, 0.4) is 0 Å². The number of rotatable bonds is 10. The van der Waals surface area contributed by atoms with Crippen LogP contribution in [0.1, 0.15) is 53.5 Å². The van der Waals surface area contributed by atoms with E-state index >= 15 is 0 Å². The molecule has 5 nitrogen and oxygen atoms in total. The summed E-state index contributed by atoms with van der Waals surface area (Å²) in [5.41, 5.74) is 4.29. The summed E-state index contributed by atoms with van der Waals surface area (Å²) in [6.07, 6.45) is 14.1. The average Bonchev–Trinajstić information content (AvgIpc) is 2.89. The first-order valence-corrected chi connectivity index (χ1v) is 11.3. The molecule has 1 atom stereocenters. The minimum absolute atomic E-state index is 0.0368. The zero-order chi connectivity index (χ0) is 22.7.